The van der Waals surface area contributed by atoms with Crippen LogP contribution in [0.1, 0.15) is 47.2 Å². The molecule has 1 N–H and O–H groups in total. The molecule has 1 aliphatic heterocycles. The average molecular weight is 443 g/mol. The number of hydrogen-bond donors (Lipinski definition) is 1. The fraction of sp³-hybridized carbons (Fsp3) is 0.391. The normalized spacial score (nSPS) is 17.2. The van der Waals surface area contributed by atoms with Crippen LogP contribution >= 0.6 is 0 Å². The van der Waals surface area contributed by atoms with Crippen LogP contribution in [0.4, 0.5) is 0 Å². The Bertz CT molecular complexity index is 1060. The van der Waals surface area contributed by atoms with Gasteiger partial charge in [-0.15, -0.1) is 0 Å². The molecule has 0 saturated heterocycles. The SMILES string of the molecule is O=C(COC(=O)c1ccc(S(=O)(=O)N2CCc3ccccc3C2)cc1)NC1CCCC1. The number of carbonyl (C=O) groups excluding carboxylic acids is 2. The summed E-state index contributed by atoms with van der Waals surface area (Å²) in [4.78, 5) is 24.3. The predicted octanol–water partition coefficient (Wildman–Crippen LogP) is 2.65. The molecule has 0 radical (unpaired) electrons. The molecule has 31 heavy (non-hydrogen) atoms. The first-order valence-corrected chi connectivity index (χ1v) is 12.0. The lowest BCUT2D eigenvalue weighted by atomic mass is 10.0. The third kappa shape index (κ3) is 4.97. The van der Waals surface area contributed by atoms with Crippen LogP contribution in [-0.2, 0) is 32.5 Å². The molecule has 7 nitrogen and oxygen atoms in total. The highest BCUT2D eigenvalue weighted by molar-refractivity contribution is 7.89. The molecular formula is C23H26N2O5S. The topological polar surface area (TPSA) is 92.8 Å². The van der Waals surface area contributed by atoms with E-state index in [1.165, 1.54) is 34.1 Å². The summed E-state index contributed by atoms with van der Waals surface area (Å²) in [7, 11) is -3.67. The Labute approximate surface area is 182 Å². The van der Waals surface area contributed by atoms with Crippen molar-refractivity contribution in [2.75, 3.05) is 13.2 Å². The number of benzene rings is 2. The van der Waals surface area contributed by atoms with Crippen LogP contribution < -0.4 is 5.32 Å². The Morgan fingerprint density at radius 3 is 2.39 bits per heavy atom. The average Bonchev–Trinajstić information content (AvgIpc) is 3.30. The van der Waals surface area contributed by atoms with Crippen LogP contribution in [0.3, 0.4) is 0 Å². The molecule has 0 spiro atoms. The minimum atomic E-state index is -3.67. The van der Waals surface area contributed by atoms with Crippen molar-refractivity contribution < 1.29 is 22.7 Å². The van der Waals surface area contributed by atoms with Crippen molar-refractivity contribution in [1.82, 2.24) is 9.62 Å². The molecule has 2 aromatic carbocycles. The van der Waals surface area contributed by atoms with Gasteiger partial charge in [0.2, 0.25) is 10.0 Å². The Kier molecular flexibility index (Phi) is 6.38. The summed E-state index contributed by atoms with van der Waals surface area (Å²) in [5.41, 5.74) is 2.38. The van der Waals surface area contributed by atoms with E-state index in [-0.39, 0.29) is 29.0 Å². The fourth-order valence-electron chi connectivity index (χ4n) is 4.14. The van der Waals surface area contributed by atoms with Crippen LogP contribution in [0.5, 0.6) is 0 Å². The van der Waals surface area contributed by atoms with Gasteiger partial charge < -0.3 is 10.1 Å². The zero-order valence-electron chi connectivity index (χ0n) is 17.2. The summed E-state index contributed by atoms with van der Waals surface area (Å²) in [6.45, 7) is 0.403. The first-order valence-electron chi connectivity index (χ1n) is 10.6. The van der Waals surface area contributed by atoms with Crippen molar-refractivity contribution >= 4 is 21.9 Å². The van der Waals surface area contributed by atoms with Gasteiger partial charge in [0.05, 0.1) is 10.5 Å². The summed E-state index contributed by atoms with van der Waals surface area (Å²) in [5.74, 6) is -0.970. The number of amides is 1. The van der Waals surface area contributed by atoms with E-state index in [1.54, 1.807) is 0 Å². The highest BCUT2D eigenvalue weighted by atomic mass is 32.2. The van der Waals surface area contributed by atoms with E-state index >= 15 is 0 Å². The third-order valence-electron chi connectivity index (χ3n) is 5.88. The van der Waals surface area contributed by atoms with Gasteiger partial charge in [-0.05, 0) is 54.7 Å². The second-order valence-electron chi connectivity index (χ2n) is 8.01. The lowest BCUT2D eigenvalue weighted by molar-refractivity contribution is -0.124. The standard InChI is InChI=1S/C23H26N2O5S/c26-22(24-20-7-3-4-8-20)16-30-23(27)18-9-11-21(12-10-18)31(28,29)25-14-13-17-5-1-2-6-19(17)15-25/h1-2,5-6,9-12,20H,3-4,7-8,13-16H2,(H,24,26). The number of fused-ring (bicyclic) bond motifs is 1. The van der Waals surface area contributed by atoms with Crippen LogP contribution in [0.25, 0.3) is 0 Å². The highest BCUT2D eigenvalue weighted by Gasteiger charge is 2.28. The number of nitrogens with zero attached hydrogens (tertiary/aromatic N) is 1. The van der Waals surface area contributed by atoms with E-state index in [4.69, 9.17) is 4.74 Å². The monoisotopic (exact) mass is 442 g/mol. The van der Waals surface area contributed by atoms with E-state index < -0.39 is 16.0 Å². The number of rotatable bonds is 6. The number of esters is 1. The molecule has 1 amide bonds. The van der Waals surface area contributed by atoms with Crippen molar-refractivity contribution in [1.29, 1.82) is 0 Å². The van der Waals surface area contributed by atoms with Crippen LogP contribution in [0, 0.1) is 0 Å². The smallest absolute Gasteiger partial charge is 0.338 e. The molecular weight excluding hydrogens is 416 g/mol. The summed E-state index contributed by atoms with van der Waals surface area (Å²) < 4.78 is 32.6. The predicted molar refractivity (Wildman–Crippen MR) is 115 cm³/mol. The van der Waals surface area contributed by atoms with Gasteiger partial charge in [0.1, 0.15) is 0 Å². The van der Waals surface area contributed by atoms with E-state index in [1.807, 2.05) is 24.3 Å². The maximum Gasteiger partial charge on any atom is 0.338 e. The Morgan fingerprint density at radius 1 is 1.00 bits per heavy atom. The second-order valence-corrected chi connectivity index (χ2v) is 9.94. The van der Waals surface area contributed by atoms with Gasteiger partial charge in [-0.3, -0.25) is 4.79 Å². The molecule has 0 unspecified atom stereocenters. The molecule has 8 heteroatoms. The van der Waals surface area contributed by atoms with Crippen LogP contribution in [0.15, 0.2) is 53.4 Å². The Morgan fingerprint density at radius 2 is 1.68 bits per heavy atom. The van der Waals surface area contributed by atoms with Gasteiger partial charge in [-0.25, -0.2) is 13.2 Å². The highest BCUT2D eigenvalue weighted by Crippen LogP contribution is 2.25. The molecule has 2 aliphatic rings. The van der Waals surface area contributed by atoms with E-state index in [2.05, 4.69) is 5.32 Å². The Hall–Kier alpha value is -2.71. The van der Waals surface area contributed by atoms with Crippen molar-refractivity contribution in [3.8, 4) is 0 Å². The first kappa shape index (κ1) is 21.5. The van der Waals surface area contributed by atoms with Gasteiger partial charge >= 0.3 is 5.97 Å². The second kappa shape index (κ2) is 9.20. The Balaban J connectivity index is 1.36. The molecule has 1 heterocycles. The maximum atomic E-state index is 13.0. The summed E-state index contributed by atoms with van der Waals surface area (Å²) in [6.07, 6.45) is 4.78. The van der Waals surface area contributed by atoms with Crippen LogP contribution in [-0.4, -0.2) is 43.8 Å². The zero-order valence-corrected chi connectivity index (χ0v) is 18.1. The van der Waals surface area contributed by atoms with Gasteiger partial charge in [0.15, 0.2) is 6.61 Å². The number of hydrogen-bond acceptors (Lipinski definition) is 5. The summed E-state index contributed by atoms with van der Waals surface area (Å²) in [6, 6.07) is 13.6. The molecule has 0 atom stereocenters. The van der Waals surface area contributed by atoms with Gasteiger partial charge in [-0.2, -0.15) is 4.31 Å². The minimum absolute atomic E-state index is 0.127. The van der Waals surface area contributed by atoms with Crippen LogP contribution in [0.2, 0.25) is 0 Å². The quantitative estimate of drug-likeness (QED) is 0.695. The third-order valence-corrected chi connectivity index (χ3v) is 7.74. The molecule has 0 bridgehead atoms. The van der Waals surface area contributed by atoms with Crippen molar-refractivity contribution in [3.05, 3.63) is 65.2 Å². The molecule has 4 rings (SSSR count). The largest absolute Gasteiger partial charge is 0.452 e. The lowest BCUT2D eigenvalue weighted by Crippen LogP contribution is -2.36. The zero-order chi connectivity index (χ0) is 21.8. The summed E-state index contributed by atoms with van der Waals surface area (Å²) >= 11 is 0. The fourth-order valence-corrected chi connectivity index (χ4v) is 5.56. The summed E-state index contributed by atoms with van der Waals surface area (Å²) in [5, 5.41) is 2.86. The van der Waals surface area contributed by atoms with E-state index in [0.717, 1.165) is 31.2 Å². The van der Waals surface area contributed by atoms with Gasteiger partial charge in [-0.1, -0.05) is 37.1 Å². The first-order chi connectivity index (χ1) is 14.9. The minimum Gasteiger partial charge on any atom is -0.452 e. The maximum absolute atomic E-state index is 13.0. The number of nitrogens with one attached hydrogen (secondary N) is 1. The lowest BCUT2D eigenvalue weighted by Gasteiger charge is -2.28. The molecule has 164 valence electrons. The van der Waals surface area contributed by atoms with Crippen molar-refractivity contribution in [3.63, 3.8) is 0 Å². The van der Waals surface area contributed by atoms with E-state index in [9.17, 15) is 18.0 Å². The molecule has 1 aliphatic carbocycles. The van der Waals surface area contributed by atoms with Crippen molar-refractivity contribution in [2.24, 2.45) is 0 Å². The van der Waals surface area contributed by atoms with Crippen molar-refractivity contribution in [2.45, 2.75) is 49.6 Å². The molecule has 1 fully saturated rings. The number of sulfonamides is 1. The molecule has 0 aromatic heterocycles. The molecule has 2 aromatic rings. The number of carbonyl (C=O) groups is 2. The number of ether oxygens (including phenoxy) is 1. The van der Waals surface area contributed by atoms with Gasteiger partial charge in [0, 0.05) is 19.1 Å². The van der Waals surface area contributed by atoms with E-state index in [0.29, 0.717) is 19.5 Å². The van der Waals surface area contributed by atoms with Gasteiger partial charge in [0.25, 0.3) is 5.91 Å². The molecule has 1 saturated carbocycles.